The van der Waals surface area contributed by atoms with E-state index < -0.39 is 0 Å². The van der Waals surface area contributed by atoms with Gasteiger partial charge in [0.25, 0.3) is 11.8 Å². The molecule has 0 saturated heterocycles. The number of aryl methyl sites for hydroxylation is 1. The Hall–Kier alpha value is -2.53. The molecule has 1 aliphatic rings. The summed E-state index contributed by atoms with van der Waals surface area (Å²) in [6.45, 7) is 1.94. The van der Waals surface area contributed by atoms with Gasteiger partial charge in [-0.3, -0.25) is 9.59 Å². The largest absolute Gasteiger partial charge is 0.268 e. The first kappa shape index (κ1) is 12.2. The molecule has 0 saturated carbocycles. The van der Waals surface area contributed by atoms with Crippen LogP contribution in [0.2, 0.25) is 0 Å². The quantitative estimate of drug-likeness (QED) is 0.646. The molecule has 21 heavy (non-hydrogen) atoms. The molecule has 0 N–H and O–H groups in total. The number of nitrogens with zero attached hydrogens (tertiary/aromatic N) is 2. The molecule has 0 unspecified atom stereocenters. The molecule has 0 bridgehead atoms. The first-order valence-corrected chi connectivity index (χ1v) is 7.32. The van der Waals surface area contributed by atoms with Gasteiger partial charge >= 0.3 is 0 Å². The van der Waals surface area contributed by atoms with Gasteiger partial charge in [-0.05, 0) is 37.3 Å². The van der Waals surface area contributed by atoms with Crippen LogP contribution in [0.3, 0.4) is 0 Å². The number of hydrogen-bond donors (Lipinski definition) is 0. The topological polar surface area (TPSA) is 50.3 Å². The molecule has 2 heterocycles. The minimum atomic E-state index is -0.276. The van der Waals surface area contributed by atoms with Crippen molar-refractivity contribution in [1.82, 2.24) is 4.98 Å². The smallest absolute Gasteiger partial charge is 0.266 e. The van der Waals surface area contributed by atoms with E-state index in [1.807, 2.05) is 13.0 Å². The monoisotopic (exact) mass is 294 g/mol. The molecule has 1 aromatic heterocycles. The normalized spacial score (nSPS) is 14.0. The van der Waals surface area contributed by atoms with Crippen molar-refractivity contribution in [3.05, 3.63) is 58.6 Å². The van der Waals surface area contributed by atoms with Gasteiger partial charge in [-0.25, -0.2) is 9.88 Å². The lowest BCUT2D eigenvalue weighted by molar-refractivity contribution is 0.0926. The summed E-state index contributed by atoms with van der Waals surface area (Å²) in [5.41, 5.74) is 2.29. The molecule has 2 aromatic carbocycles. The zero-order chi connectivity index (χ0) is 14.6. The highest BCUT2D eigenvalue weighted by Gasteiger charge is 2.36. The molecule has 102 valence electrons. The van der Waals surface area contributed by atoms with E-state index in [1.165, 1.54) is 4.90 Å². The molecule has 0 spiro atoms. The van der Waals surface area contributed by atoms with E-state index in [2.05, 4.69) is 4.98 Å². The lowest BCUT2D eigenvalue weighted by Gasteiger charge is -2.13. The number of fused-ring (bicyclic) bond motifs is 2. The summed E-state index contributed by atoms with van der Waals surface area (Å²) in [5.74, 6) is -0.552. The van der Waals surface area contributed by atoms with Crippen molar-refractivity contribution in [1.29, 1.82) is 0 Å². The maximum absolute atomic E-state index is 12.4. The number of benzene rings is 2. The van der Waals surface area contributed by atoms with Crippen LogP contribution in [-0.4, -0.2) is 16.8 Å². The summed E-state index contributed by atoms with van der Waals surface area (Å²) in [6.07, 6.45) is 0. The second kappa shape index (κ2) is 4.23. The molecule has 0 atom stereocenters. The molecule has 4 nitrogen and oxygen atoms in total. The number of aromatic nitrogens is 1. The summed E-state index contributed by atoms with van der Waals surface area (Å²) < 4.78 is 1.05. The van der Waals surface area contributed by atoms with Gasteiger partial charge in [0.1, 0.15) is 0 Å². The highest BCUT2D eigenvalue weighted by molar-refractivity contribution is 7.18. The molecule has 3 aromatic rings. The van der Waals surface area contributed by atoms with E-state index >= 15 is 0 Å². The summed E-state index contributed by atoms with van der Waals surface area (Å²) in [5, 5.41) is 0.963. The molecule has 2 amide bonds. The summed E-state index contributed by atoms with van der Waals surface area (Å²) in [6, 6.07) is 12.4. The van der Waals surface area contributed by atoms with Crippen LogP contribution in [0.1, 0.15) is 25.7 Å². The van der Waals surface area contributed by atoms with Crippen molar-refractivity contribution in [2.24, 2.45) is 0 Å². The lowest BCUT2D eigenvalue weighted by atomic mass is 10.1. The first-order valence-electron chi connectivity index (χ1n) is 6.50. The summed E-state index contributed by atoms with van der Waals surface area (Å²) in [4.78, 5) is 30.5. The van der Waals surface area contributed by atoms with E-state index in [0.29, 0.717) is 16.8 Å². The average Bonchev–Trinajstić information content (AvgIpc) is 2.97. The molecule has 0 fully saturated rings. The zero-order valence-electron chi connectivity index (χ0n) is 11.2. The fourth-order valence-corrected chi connectivity index (χ4v) is 3.40. The highest BCUT2D eigenvalue weighted by atomic mass is 32.1. The number of amides is 2. The average molecular weight is 294 g/mol. The highest BCUT2D eigenvalue weighted by Crippen LogP contribution is 2.31. The Bertz CT molecular complexity index is 879. The molecule has 5 heteroatoms. The van der Waals surface area contributed by atoms with E-state index in [-0.39, 0.29) is 11.8 Å². The summed E-state index contributed by atoms with van der Waals surface area (Å²) in [7, 11) is 0. The van der Waals surface area contributed by atoms with Crippen molar-refractivity contribution >= 4 is 39.1 Å². The SMILES string of the molecule is Cc1nc2cc(N3C(=O)c4ccccc4C3=O)ccc2s1. The van der Waals surface area contributed by atoms with Crippen LogP contribution in [0.4, 0.5) is 5.69 Å². The van der Waals surface area contributed by atoms with Crippen LogP contribution in [-0.2, 0) is 0 Å². The van der Waals surface area contributed by atoms with Gasteiger partial charge < -0.3 is 0 Å². The number of imide groups is 1. The van der Waals surface area contributed by atoms with Gasteiger partial charge in [0.15, 0.2) is 0 Å². The number of hydrogen-bond acceptors (Lipinski definition) is 4. The number of anilines is 1. The maximum atomic E-state index is 12.4. The Morgan fingerprint density at radius 1 is 1.00 bits per heavy atom. The third-order valence-corrected chi connectivity index (χ3v) is 4.48. The second-order valence-electron chi connectivity index (χ2n) is 4.88. The van der Waals surface area contributed by atoms with Gasteiger partial charge in [0, 0.05) is 0 Å². The van der Waals surface area contributed by atoms with Gasteiger partial charge in [-0.1, -0.05) is 12.1 Å². The van der Waals surface area contributed by atoms with Crippen LogP contribution in [0, 0.1) is 6.92 Å². The number of thiazole rings is 1. The fraction of sp³-hybridized carbons (Fsp3) is 0.0625. The van der Waals surface area contributed by atoms with Gasteiger partial charge in [0.2, 0.25) is 0 Å². The molecule has 0 aliphatic carbocycles. The second-order valence-corrected chi connectivity index (χ2v) is 6.11. The van der Waals surface area contributed by atoms with E-state index in [1.54, 1.807) is 47.7 Å². The van der Waals surface area contributed by atoms with Gasteiger partial charge in [-0.2, -0.15) is 0 Å². The van der Waals surface area contributed by atoms with Gasteiger partial charge in [-0.15, -0.1) is 11.3 Å². The predicted octanol–water partition coefficient (Wildman–Crippen LogP) is 3.41. The van der Waals surface area contributed by atoms with Crippen molar-refractivity contribution in [2.75, 3.05) is 4.90 Å². The third kappa shape index (κ3) is 1.71. The fourth-order valence-electron chi connectivity index (χ4n) is 2.59. The van der Waals surface area contributed by atoms with Crippen molar-refractivity contribution in [3.63, 3.8) is 0 Å². The standard InChI is InChI=1S/C16H10N2O2S/c1-9-17-13-8-10(6-7-14(13)21-9)18-15(19)11-4-2-3-5-12(11)16(18)20/h2-8H,1H3. The molecule has 0 radical (unpaired) electrons. The van der Waals surface area contributed by atoms with E-state index in [4.69, 9.17) is 0 Å². The lowest BCUT2D eigenvalue weighted by Crippen LogP contribution is -2.29. The minimum Gasteiger partial charge on any atom is -0.268 e. The van der Waals surface area contributed by atoms with E-state index in [9.17, 15) is 9.59 Å². The Labute approximate surface area is 124 Å². The molecule has 1 aliphatic heterocycles. The third-order valence-electron chi connectivity index (χ3n) is 3.53. The number of carbonyl (C=O) groups excluding carboxylic acids is 2. The Morgan fingerprint density at radius 2 is 1.67 bits per heavy atom. The number of rotatable bonds is 1. The predicted molar refractivity (Wildman–Crippen MR) is 81.9 cm³/mol. The van der Waals surface area contributed by atoms with Crippen molar-refractivity contribution in [2.45, 2.75) is 6.92 Å². The van der Waals surface area contributed by atoms with E-state index in [0.717, 1.165) is 15.2 Å². The van der Waals surface area contributed by atoms with Crippen LogP contribution in [0.5, 0.6) is 0 Å². The van der Waals surface area contributed by atoms with Crippen LogP contribution in [0.25, 0.3) is 10.2 Å². The van der Waals surface area contributed by atoms with Crippen LogP contribution >= 0.6 is 11.3 Å². The van der Waals surface area contributed by atoms with Crippen molar-refractivity contribution in [3.8, 4) is 0 Å². The van der Waals surface area contributed by atoms with Crippen LogP contribution < -0.4 is 4.90 Å². The minimum absolute atomic E-state index is 0.276. The Kier molecular flexibility index (Phi) is 2.46. The zero-order valence-corrected chi connectivity index (χ0v) is 12.0. The Morgan fingerprint density at radius 3 is 2.33 bits per heavy atom. The van der Waals surface area contributed by atoms with Crippen LogP contribution in [0.15, 0.2) is 42.5 Å². The molecule has 4 rings (SSSR count). The van der Waals surface area contributed by atoms with Crippen molar-refractivity contribution < 1.29 is 9.59 Å². The summed E-state index contributed by atoms with van der Waals surface area (Å²) >= 11 is 1.59. The number of carbonyl (C=O) groups is 2. The first-order chi connectivity index (χ1) is 10.1. The van der Waals surface area contributed by atoms with Gasteiger partial charge in [0.05, 0.1) is 32.0 Å². The molecular weight excluding hydrogens is 284 g/mol. The Balaban J connectivity index is 1.86. The molecular formula is C16H10N2O2S. The maximum Gasteiger partial charge on any atom is 0.266 e.